The summed E-state index contributed by atoms with van der Waals surface area (Å²) in [5.41, 5.74) is 0. The van der Waals surface area contributed by atoms with Crippen molar-refractivity contribution in [3.8, 4) is 0 Å². The van der Waals surface area contributed by atoms with E-state index in [1.54, 1.807) is 0 Å². The van der Waals surface area contributed by atoms with Crippen LogP contribution in [0.3, 0.4) is 0 Å². The summed E-state index contributed by atoms with van der Waals surface area (Å²) in [6.45, 7) is 22.8. The quantitative estimate of drug-likeness (QED) is 0.781. The van der Waals surface area contributed by atoms with Gasteiger partial charge in [-0.05, 0) is 26.2 Å². The summed E-state index contributed by atoms with van der Waals surface area (Å²) >= 11 is 0. The van der Waals surface area contributed by atoms with Gasteiger partial charge in [-0.1, -0.05) is 39.3 Å². The van der Waals surface area contributed by atoms with Crippen LogP contribution in [-0.4, -0.2) is 46.6 Å². The standard InChI is InChI=1S/C10H32O2Si5/c1-13(2,3)17(14(4,5)6,15(7,8)11)16(9,10)12/h11-12H,1-10H3. The van der Waals surface area contributed by atoms with Crippen molar-refractivity contribution in [2.24, 2.45) is 0 Å². The van der Waals surface area contributed by atoms with Gasteiger partial charge in [0.25, 0.3) is 0 Å². The Kier molecular flexibility index (Phi) is 4.80. The SMILES string of the molecule is C[Si](C)(C)[Si]([Si](C)(C)C)([Si](C)(C)O)[Si](C)(C)O. The summed E-state index contributed by atoms with van der Waals surface area (Å²) in [6, 6.07) is 0. The zero-order chi connectivity index (χ0) is 14.5. The van der Waals surface area contributed by atoms with Gasteiger partial charge in [0.05, 0.1) is 6.14 Å². The number of rotatable bonds is 4. The Hall–Kier alpha value is 1.00. The lowest BCUT2D eigenvalue weighted by Crippen LogP contribution is -2.93. The van der Waals surface area contributed by atoms with Crippen LogP contribution in [0.25, 0.3) is 0 Å². The third kappa shape index (κ3) is 2.80. The predicted molar refractivity (Wildman–Crippen MR) is 91.8 cm³/mol. The fourth-order valence-electron chi connectivity index (χ4n) is 5.54. The molecule has 0 aliphatic carbocycles. The van der Waals surface area contributed by atoms with Gasteiger partial charge < -0.3 is 9.59 Å². The second kappa shape index (κ2) is 4.53. The molecule has 0 saturated heterocycles. The summed E-state index contributed by atoms with van der Waals surface area (Å²) < 4.78 is 0. The highest BCUT2D eigenvalue weighted by Gasteiger charge is 2.71. The van der Waals surface area contributed by atoms with E-state index in [1.807, 2.05) is 0 Å². The highest BCUT2D eigenvalue weighted by molar-refractivity contribution is 8.05. The first kappa shape index (κ1) is 18.0. The van der Waals surface area contributed by atoms with Crippen molar-refractivity contribution < 1.29 is 9.59 Å². The Morgan fingerprint density at radius 2 is 0.647 bits per heavy atom. The Morgan fingerprint density at radius 3 is 0.647 bits per heavy atom. The van der Waals surface area contributed by atoms with E-state index in [4.69, 9.17) is 0 Å². The zero-order valence-corrected chi connectivity index (χ0v) is 18.4. The molecule has 17 heavy (non-hydrogen) atoms. The Morgan fingerprint density at radius 1 is 0.471 bits per heavy atom. The lowest BCUT2D eigenvalue weighted by molar-refractivity contribution is 0.564. The van der Waals surface area contributed by atoms with Gasteiger partial charge >= 0.3 is 0 Å². The molecule has 0 radical (unpaired) electrons. The summed E-state index contributed by atoms with van der Waals surface area (Å²) in [6.07, 6.45) is -1.94. The van der Waals surface area contributed by atoms with E-state index in [0.717, 1.165) is 0 Å². The van der Waals surface area contributed by atoms with E-state index >= 15 is 0 Å². The molecule has 104 valence electrons. The maximum atomic E-state index is 11.1. The van der Waals surface area contributed by atoms with Gasteiger partial charge in [0, 0.05) is 15.2 Å². The van der Waals surface area contributed by atoms with Crippen LogP contribution in [0.2, 0.25) is 65.5 Å². The molecule has 0 bridgehead atoms. The van der Waals surface area contributed by atoms with E-state index in [-0.39, 0.29) is 0 Å². The predicted octanol–water partition coefficient (Wildman–Crippen LogP) is 2.82. The molecule has 0 atom stereocenters. The molecule has 0 rings (SSSR count). The molecular formula is C10H32O2Si5. The van der Waals surface area contributed by atoms with Gasteiger partial charge in [-0.25, -0.2) is 0 Å². The maximum absolute atomic E-state index is 11.1. The fourth-order valence-corrected chi connectivity index (χ4v) is 150. The molecule has 0 saturated carbocycles. The molecule has 7 heteroatoms. The second-order valence-electron chi connectivity index (χ2n) is 8.37. The van der Waals surface area contributed by atoms with Crippen LogP contribution in [0.15, 0.2) is 0 Å². The summed E-state index contributed by atoms with van der Waals surface area (Å²) in [5, 5.41) is 0. The smallest absolute Gasteiger partial charge is 0.165 e. The van der Waals surface area contributed by atoms with Crippen LogP contribution >= 0.6 is 0 Å². The van der Waals surface area contributed by atoms with Crippen molar-refractivity contribution in [3.05, 3.63) is 0 Å². The summed E-state index contributed by atoms with van der Waals surface area (Å²) in [4.78, 5) is 22.2. The van der Waals surface area contributed by atoms with E-state index in [9.17, 15) is 9.59 Å². The van der Waals surface area contributed by atoms with E-state index in [2.05, 4.69) is 65.5 Å². The second-order valence-corrected chi connectivity index (χ2v) is 59.4. The van der Waals surface area contributed by atoms with Crippen LogP contribution in [0.4, 0.5) is 0 Å². The van der Waals surface area contributed by atoms with Crippen molar-refractivity contribution in [2.75, 3.05) is 0 Å². The van der Waals surface area contributed by atoms with Crippen LogP contribution in [0.1, 0.15) is 0 Å². The molecule has 2 nitrogen and oxygen atoms in total. The molecule has 0 amide bonds. The zero-order valence-electron chi connectivity index (χ0n) is 13.4. The molecule has 0 heterocycles. The molecule has 0 fully saturated rings. The minimum atomic E-state index is -2.27. The van der Waals surface area contributed by atoms with Gasteiger partial charge in [-0.15, -0.1) is 0 Å². The molecule has 0 aromatic carbocycles. The first-order valence-electron chi connectivity index (χ1n) is 6.45. The van der Waals surface area contributed by atoms with E-state index < -0.39 is 37.0 Å². The highest BCUT2D eigenvalue weighted by atomic mass is 30.2. The van der Waals surface area contributed by atoms with E-state index in [0.29, 0.717) is 0 Å². The molecular weight excluding hydrogens is 293 g/mol. The average Bonchev–Trinajstić information content (AvgIpc) is 1.67. The van der Waals surface area contributed by atoms with Gasteiger partial charge in [-0.3, -0.25) is 0 Å². The van der Waals surface area contributed by atoms with Crippen LogP contribution in [0.5, 0.6) is 0 Å². The lowest BCUT2D eigenvalue weighted by Gasteiger charge is -2.60. The lowest BCUT2D eigenvalue weighted by atomic mass is 11.8. The average molecular weight is 325 g/mol. The third-order valence-corrected chi connectivity index (χ3v) is 110. The number of hydrogen-bond donors (Lipinski definition) is 2. The monoisotopic (exact) mass is 324 g/mol. The van der Waals surface area contributed by atoms with Gasteiger partial charge in [0.2, 0.25) is 0 Å². The minimum absolute atomic E-state index is 1.52. The number of hydrogen-bond acceptors (Lipinski definition) is 2. The molecule has 0 aliphatic rings. The normalized spacial score (nSPS) is 16.2. The fraction of sp³-hybridized carbons (Fsp3) is 1.00. The van der Waals surface area contributed by atoms with Crippen molar-refractivity contribution in [2.45, 2.75) is 65.5 Å². The molecule has 2 N–H and O–H groups in total. The summed E-state index contributed by atoms with van der Waals surface area (Å²) in [5.74, 6) is 0. The first-order valence-corrected chi connectivity index (χ1v) is 25.3. The third-order valence-electron chi connectivity index (χ3n) is 4.09. The molecule has 0 aromatic heterocycles. The minimum Gasteiger partial charge on any atom is -0.436 e. The van der Waals surface area contributed by atoms with Gasteiger partial charge in [0.15, 0.2) is 15.7 Å². The Balaban J connectivity index is 6.37. The van der Waals surface area contributed by atoms with E-state index in [1.165, 1.54) is 0 Å². The van der Waals surface area contributed by atoms with Crippen LogP contribution in [-0.2, 0) is 0 Å². The van der Waals surface area contributed by atoms with Gasteiger partial charge in [0.1, 0.15) is 0 Å². The van der Waals surface area contributed by atoms with Crippen LogP contribution in [0, 0.1) is 0 Å². The molecule has 0 unspecified atom stereocenters. The van der Waals surface area contributed by atoms with Crippen LogP contribution < -0.4 is 0 Å². The van der Waals surface area contributed by atoms with Crippen molar-refractivity contribution in [1.29, 1.82) is 0 Å². The van der Waals surface area contributed by atoms with Crippen molar-refractivity contribution in [1.82, 2.24) is 0 Å². The Labute approximate surface area is 112 Å². The van der Waals surface area contributed by atoms with Crippen molar-refractivity contribution in [3.63, 3.8) is 0 Å². The van der Waals surface area contributed by atoms with Gasteiger partial charge in [-0.2, -0.15) is 0 Å². The molecule has 0 aliphatic heterocycles. The highest BCUT2D eigenvalue weighted by Crippen LogP contribution is 2.40. The van der Waals surface area contributed by atoms with Crippen molar-refractivity contribution >= 4 is 37.0 Å². The largest absolute Gasteiger partial charge is 0.436 e. The maximum Gasteiger partial charge on any atom is 0.165 e. The molecule has 0 aromatic rings. The Bertz CT molecular complexity index is 216. The topological polar surface area (TPSA) is 40.5 Å². The first-order chi connectivity index (χ1) is 7.00. The molecule has 0 spiro atoms. The summed E-state index contributed by atoms with van der Waals surface area (Å²) in [7, 11) is -7.58.